The zero-order valence-corrected chi connectivity index (χ0v) is 12.2. The molecule has 4 heteroatoms. The minimum absolute atomic E-state index is 0.339. The van der Waals surface area contributed by atoms with Gasteiger partial charge in [0.05, 0.1) is 7.11 Å². The summed E-state index contributed by atoms with van der Waals surface area (Å²) in [5.74, 6) is -0.347. The Morgan fingerprint density at radius 1 is 1.05 bits per heavy atom. The third-order valence-corrected chi connectivity index (χ3v) is 3.24. The van der Waals surface area contributed by atoms with Crippen molar-refractivity contribution in [3.8, 4) is 16.9 Å². The predicted octanol–water partition coefficient (Wildman–Crippen LogP) is 4.14. The van der Waals surface area contributed by atoms with Gasteiger partial charge in [0, 0.05) is 17.7 Å². The van der Waals surface area contributed by atoms with Crippen molar-refractivity contribution in [3.05, 3.63) is 53.6 Å². The number of benzene rings is 2. The van der Waals surface area contributed by atoms with Gasteiger partial charge in [-0.1, -0.05) is 19.1 Å². The zero-order chi connectivity index (χ0) is 15.2. The molecule has 2 rings (SSSR count). The molecular formula is C17H19F2NO. The monoisotopic (exact) mass is 291 g/mol. The highest BCUT2D eigenvalue weighted by molar-refractivity contribution is 5.71. The molecule has 0 bridgehead atoms. The lowest BCUT2D eigenvalue weighted by atomic mass is 10.0. The minimum atomic E-state index is -0.418. The van der Waals surface area contributed by atoms with Crippen LogP contribution in [0.15, 0.2) is 36.4 Å². The fourth-order valence-corrected chi connectivity index (χ4v) is 2.19. The lowest BCUT2D eigenvalue weighted by molar-refractivity contribution is 0.415. The van der Waals surface area contributed by atoms with Gasteiger partial charge in [0.2, 0.25) is 0 Å². The molecule has 21 heavy (non-hydrogen) atoms. The summed E-state index contributed by atoms with van der Waals surface area (Å²) in [5.41, 5.74) is 1.62. The van der Waals surface area contributed by atoms with Gasteiger partial charge in [-0.15, -0.1) is 0 Å². The first kappa shape index (κ1) is 15.4. The van der Waals surface area contributed by atoms with Crippen LogP contribution in [-0.4, -0.2) is 13.7 Å². The Bertz CT molecular complexity index is 614. The summed E-state index contributed by atoms with van der Waals surface area (Å²) in [5, 5.41) is 3.22. The van der Waals surface area contributed by atoms with E-state index in [0.29, 0.717) is 23.4 Å². The van der Waals surface area contributed by atoms with Crippen LogP contribution >= 0.6 is 0 Å². The van der Waals surface area contributed by atoms with E-state index in [1.165, 1.54) is 31.4 Å². The van der Waals surface area contributed by atoms with Gasteiger partial charge in [0.15, 0.2) is 0 Å². The largest absolute Gasteiger partial charge is 0.496 e. The van der Waals surface area contributed by atoms with Gasteiger partial charge in [-0.25, -0.2) is 8.78 Å². The molecule has 0 heterocycles. The third kappa shape index (κ3) is 3.79. The standard InChI is InChI=1S/C17H19F2NO/c1-3-8-20-11-12-4-6-14(16(19)9-12)15-10-13(18)5-7-17(15)21-2/h4-7,9-10,20H,3,8,11H2,1-2H3. The lowest BCUT2D eigenvalue weighted by Gasteiger charge is -2.11. The highest BCUT2D eigenvalue weighted by Crippen LogP contribution is 2.32. The molecule has 0 aromatic heterocycles. The number of rotatable bonds is 6. The van der Waals surface area contributed by atoms with E-state index >= 15 is 0 Å². The quantitative estimate of drug-likeness (QED) is 0.808. The van der Waals surface area contributed by atoms with Gasteiger partial charge < -0.3 is 10.1 Å². The fourth-order valence-electron chi connectivity index (χ4n) is 2.19. The first-order chi connectivity index (χ1) is 10.2. The van der Waals surface area contributed by atoms with E-state index in [9.17, 15) is 8.78 Å². The average molecular weight is 291 g/mol. The van der Waals surface area contributed by atoms with Crippen LogP contribution in [0.3, 0.4) is 0 Å². The van der Waals surface area contributed by atoms with Crippen molar-refractivity contribution in [1.82, 2.24) is 5.32 Å². The molecule has 0 fully saturated rings. The normalized spacial score (nSPS) is 10.7. The van der Waals surface area contributed by atoms with Crippen LogP contribution in [0, 0.1) is 11.6 Å². The smallest absolute Gasteiger partial charge is 0.131 e. The Balaban J connectivity index is 2.30. The molecule has 0 amide bonds. The maximum atomic E-state index is 14.3. The number of methoxy groups -OCH3 is 1. The molecule has 2 aromatic carbocycles. The Labute approximate surface area is 123 Å². The number of halogens is 2. The van der Waals surface area contributed by atoms with Crippen LogP contribution in [0.2, 0.25) is 0 Å². The highest BCUT2D eigenvalue weighted by Gasteiger charge is 2.12. The minimum Gasteiger partial charge on any atom is -0.496 e. The Morgan fingerprint density at radius 2 is 1.86 bits per heavy atom. The van der Waals surface area contributed by atoms with E-state index in [2.05, 4.69) is 12.2 Å². The maximum absolute atomic E-state index is 14.3. The van der Waals surface area contributed by atoms with Gasteiger partial charge >= 0.3 is 0 Å². The van der Waals surface area contributed by atoms with Crippen molar-refractivity contribution in [2.75, 3.05) is 13.7 Å². The van der Waals surface area contributed by atoms with Gasteiger partial charge in [-0.05, 0) is 42.8 Å². The summed E-state index contributed by atoms with van der Waals surface area (Å²) < 4.78 is 32.9. The first-order valence-electron chi connectivity index (χ1n) is 6.98. The molecule has 2 aromatic rings. The Kier molecular flexibility index (Phi) is 5.28. The third-order valence-electron chi connectivity index (χ3n) is 3.24. The molecule has 0 atom stereocenters. The number of hydrogen-bond donors (Lipinski definition) is 1. The van der Waals surface area contributed by atoms with Gasteiger partial charge in [-0.3, -0.25) is 0 Å². The molecule has 0 saturated heterocycles. The SMILES string of the molecule is CCCNCc1ccc(-c2cc(F)ccc2OC)c(F)c1. The topological polar surface area (TPSA) is 21.3 Å². The van der Waals surface area contributed by atoms with Crippen LogP contribution in [0.25, 0.3) is 11.1 Å². The van der Waals surface area contributed by atoms with Gasteiger partial charge in [0.25, 0.3) is 0 Å². The molecule has 0 aliphatic heterocycles. The van der Waals surface area contributed by atoms with E-state index in [1.807, 2.05) is 6.07 Å². The van der Waals surface area contributed by atoms with E-state index < -0.39 is 5.82 Å². The predicted molar refractivity (Wildman–Crippen MR) is 80.3 cm³/mol. The molecule has 0 saturated carbocycles. The van der Waals surface area contributed by atoms with Crippen LogP contribution < -0.4 is 10.1 Å². The molecule has 0 spiro atoms. The Hall–Kier alpha value is -1.94. The van der Waals surface area contributed by atoms with Crippen LogP contribution in [0.4, 0.5) is 8.78 Å². The van der Waals surface area contributed by atoms with Crippen LogP contribution in [0.5, 0.6) is 5.75 Å². The summed E-state index contributed by atoms with van der Waals surface area (Å²) in [6.07, 6.45) is 1.03. The van der Waals surface area contributed by atoms with E-state index in [1.54, 1.807) is 6.07 Å². The Morgan fingerprint density at radius 3 is 2.52 bits per heavy atom. The van der Waals surface area contributed by atoms with Gasteiger partial charge in [0.1, 0.15) is 17.4 Å². The summed E-state index contributed by atoms with van der Waals surface area (Å²) in [4.78, 5) is 0. The van der Waals surface area contributed by atoms with Crippen molar-refractivity contribution < 1.29 is 13.5 Å². The maximum Gasteiger partial charge on any atom is 0.131 e. The second-order valence-corrected chi connectivity index (χ2v) is 4.84. The summed E-state index contributed by atoms with van der Waals surface area (Å²) >= 11 is 0. The second-order valence-electron chi connectivity index (χ2n) is 4.84. The van der Waals surface area contributed by atoms with Crippen molar-refractivity contribution in [1.29, 1.82) is 0 Å². The molecule has 0 radical (unpaired) electrons. The van der Waals surface area contributed by atoms with Crippen molar-refractivity contribution in [2.24, 2.45) is 0 Å². The number of nitrogens with one attached hydrogen (secondary N) is 1. The van der Waals surface area contributed by atoms with E-state index in [-0.39, 0.29) is 5.82 Å². The van der Waals surface area contributed by atoms with Crippen LogP contribution in [-0.2, 0) is 6.54 Å². The molecule has 0 aliphatic rings. The molecule has 112 valence electrons. The van der Waals surface area contributed by atoms with E-state index in [0.717, 1.165) is 18.5 Å². The zero-order valence-electron chi connectivity index (χ0n) is 12.2. The van der Waals surface area contributed by atoms with Gasteiger partial charge in [-0.2, -0.15) is 0 Å². The van der Waals surface area contributed by atoms with Crippen molar-refractivity contribution in [2.45, 2.75) is 19.9 Å². The van der Waals surface area contributed by atoms with Crippen LogP contribution in [0.1, 0.15) is 18.9 Å². The molecule has 1 N–H and O–H groups in total. The average Bonchev–Trinajstić information content (AvgIpc) is 2.48. The second kappa shape index (κ2) is 7.18. The molecule has 0 aliphatic carbocycles. The lowest BCUT2D eigenvalue weighted by Crippen LogP contribution is -2.13. The van der Waals surface area contributed by atoms with E-state index in [4.69, 9.17) is 4.74 Å². The first-order valence-corrected chi connectivity index (χ1v) is 6.98. The number of hydrogen-bond acceptors (Lipinski definition) is 2. The summed E-state index contributed by atoms with van der Waals surface area (Å²) in [7, 11) is 1.48. The van der Waals surface area contributed by atoms with Crippen molar-refractivity contribution >= 4 is 0 Å². The molecular weight excluding hydrogens is 272 g/mol. The summed E-state index contributed by atoms with van der Waals surface area (Å²) in [6, 6.07) is 9.06. The number of ether oxygens (including phenoxy) is 1. The van der Waals surface area contributed by atoms with Crippen molar-refractivity contribution in [3.63, 3.8) is 0 Å². The molecule has 0 unspecified atom stereocenters. The summed E-state index contributed by atoms with van der Waals surface area (Å²) in [6.45, 7) is 3.58. The highest BCUT2D eigenvalue weighted by atomic mass is 19.1. The fraction of sp³-hybridized carbons (Fsp3) is 0.294. The molecule has 2 nitrogen and oxygen atoms in total.